The van der Waals surface area contributed by atoms with Crippen molar-refractivity contribution in [3.63, 3.8) is 0 Å². The summed E-state index contributed by atoms with van der Waals surface area (Å²) in [4.78, 5) is 27.0. The first-order valence-corrected chi connectivity index (χ1v) is 7.20. The summed E-state index contributed by atoms with van der Waals surface area (Å²) < 4.78 is 0. The van der Waals surface area contributed by atoms with Crippen LogP contribution in [0.4, 0.5) is 5.69 Å². The van der Waals surface area contributed by atoms with Crippen molar-refractivity contribution in [2.24, 2.45) is 0 Å². The fraction of sp³-hybridized carbons (Fsp3) is 0.429. The lowest BCUT2D eigenvalue weighted by Crippen LogP contribution is -2.40. The molecule has 0 aliphatic carbocycles. The third kappa shape index (κ3) is 6.33. The topological polar surface area (TPSA) is 52.7 Å². The number of nitrogens with one attached hydrogen (secondary N) is 1. The predicted octanol–water partition coefficient (Wildman–Crippen LogP) is 2.34. The fourth-order valence-electron chi connectivity index (χ4n) is 1.62. The second-order valence-electron chi connectivity index (χ2n) is 4.92. The van der Waals surface area contributed by atoms with Crippen molar-refractivity contribution in [3.05, 3.63) is 28.2 Å². The molecule has 0 aromatic heterocycles. The van der Waals surface area contributed by atoms with E-state index in [4.69, 9.17) is 23.2 Å². The lowest BCUT2D eigenvalue weighted by Gasteiger charge is -2.22. The second-order valence-corrected chi connectivity index (χ2v) is 5.76. The molecule has 0 saturated heterocycles. The number of carbonyl (C=O) groups excluding carboxylic acids is 2. The normalized spacial score (nSPS) is 10.6. The molecule has 0 fully saturated rings. The van der Waals surface area contributed by atoms with Gasteiger partial charge in [-0.25, -0.2) is 0 Å². The van der Waals surface area contributed by atoms with E-state index in [2.05, 4.69) is 5.32 Å². The van der Waals surface area contributed by atoms with Gasteiger partial charge in [-0.1, -0.05) is 23.2 Å². The zero-order valence-corrected chi connectivity index (χ0v) is 13.8. The molecule has 1 rings (SSSR count). The highest BCUT2D eigenvalue weighted by molar-refractivity contribution is 6.35. The van der Waals surface area contributed by atoms with E-state index in [-0.39, 0.29) is 18.4 Å². The van der Waals surface area contributed by atoms with Crippen LogP contribution in [0.2, 0.25) is 10.0 Å². The summed E-state index contributed by atoms with van der Waals surface area (Å²) in [5, 5.41) is 3.54. The average molecular weight is 332 g/mol. The van der Waals surface area contributed by atoms with Crippen LogP contribution in [0.5, 0.6) is 0 Å². The Bertz CT molecular complexity index is 521. The quantitative estimate of drug-likeness (QED) is 0.870. The molecular formula is C14H19Cl2N3O2. The van der Waals surface area contributed by atoms with Crippen molar-refractivity contribution in [3.8, 4) is 0 Å². The van der Waals surface area contributed by atoms with Crippen LogP contribution in [-0.2, 0) is 9.59 Å². The van der Waals surface area contributed by atoms with Gasteiger partial charge in [-0.2, -0.15) is 0 Å². The molecule has 0 aliphatic rings. The molecular weight excluding hydrogens is 313 g/mol. The number of rotatable bonds is 6. The first-order valence-electron chi connectivity index (χ1n) is 6.44. The summed E-state index contributed by atoms with van der Waals surface area (Å²) in [7, 11) is 3.81. The van der Waals surface area contributed by atoms with E-state index in [0.717, 1.165) is 0 Å². The number of hydrogen-bond acceptors (Lipinski definition) is 3. The van der Waals surface area contributed by atoms with E-state index < -0.39 is 0 Å². The smallest absolute Gasteiger partial charge is 0.244 e. The minimum absolute atomic E-state index is 0.0218. The molecule has 1 aromatic rings. The lowest BCUT2D eigenvalue weighted by molar-refractivity contribution is -0.132. The van der Waals surface area contributed by atoms with Crippen molar-refractivity contribution in [1.29, 1.82) is 0 Å². The molecule has 21 heavy (non-hydrogen) atoms. The fourth-order valence-corrected chi connectivity index (χ4v) is 1.96. The second kappa shape index (κ2) is 8.22. The summed E-state index contributed by atoms with van der Waals surface area (Å²) >= 11 is 11.8. The molecule has 0 unspecified atom stereocenters. The van der Waals surface area contributed by atoms with Crippen LogP contribution in [-0.4, -0.2) is 55.3 Å². The monoisotopic (exact) mass is 331 g/mol. The third-order valence-electron chi connectivity index (χ3n) is 2.80. The zero-order valence-electron chi connectivity index (χ0n) is 12.3. The van der Waals surface area contributed by atoms with E-state index in [1.54, 1.807) is 18.2 Å². The summed E-state index contributed by atoms with van der Waals surface area (Å²) in [5.41, 5.74) is 0.435. The van der Waals surface area contributed by atoms with Gasteiger partial charge in [-0.15, -0.1) is 0 Å². The highest BCUT2D eigenvalue weighted by Crippen LogP contribution is 2.25. The molecule has 1 N–H and O–H groups in total. The number of benzene rings is 1. The largest absolute Gasteiger partial charge is 0.332 e. The van der Waals surface area contributed by atoms with Crippen LogP contribution in [0.15, 0.2) is 18.2 Å². The number of likely N-dealkylation sites (N-methyl/N-ethyl adjacent to an activating group) is 1. The number of nitrogens with zero attached hydrogens (tertiary/aromatic N) is 2. The Labute approximate surface area is 134 Å². The molecule has 0 heterocycles. The number of anilines is 1. The SMILES string of the molecule is CC(=O)N(CCN(C)C)CC(=O)Nc1cc(Cl)ccc1Cl. The number of amides is 2. The van der Waals surface area contributed by atoms with Crippen LogP contribution in [0, 0.1) is 0 Å². The van der Waals surface area contributed by atoms with Crippen LogP contribution >= 0.6 is 23.2 Å². The summed E-state index contributed by atoms with van der Waals surface area (Å²) in [5.74, 6) is -0.461. The Balaban J connectivity index is 2.65. The number of hydrogen-bond donors (Lipinski definition) is 1. The zero-order chi connectivity index (χ0) is 16.0. The van der Waals surface area contributed by atoms with E-state index in [1.165, 1.54) is 11.8 Å². The average Bonchev–Trinajstić information content (AvgIpc) is 2.38. The molecule has 0 radical (unpaired) electrons. The molecule has 1 aromatic carbocycles. The van der Waals surface area contributed by atoms with Gasteiger partial charge in [0.15, 0.2) is 0 Å². The van der Waals surface area contributed by atoms with Gasteiger partial charge in [-0.3, -0.25) is 9.59 Å². The Kier molecular flexibility index (Phi) is 6.95. The molecule has 2 amide bonds. The minimum atomic E-state index is -0.312. The van der Waals surface area contributed by atoms with Crippen molar-refractivity contribution < 1.29 is 9.59 Å². The maximum Gasteiger partial charge on any atom is 0.244 e. The summed E-state index contributed by atoms with van der Waals surface area (Å²) in [6, 6.07) is 4.81. The third-order valence-corrected chi connectivity index (χ3v) is 3.36. The van der Waals surface area contributed by atoms with Crippen molar-refractivity contribution in [2.75, 3.05) is 39.0 Å². The number of carbonyl (C=O) groups is 2. The van der Waals surface area contributed by atoms with Crippen LogP contribution < -0.4 is 5.32 Å². The molecule has 0 atom stereocenters. The van der Waals surface area contributed by atoms with Gasteiger partial charge in [0.05, 0.1) is 17.3 Å². The minimum Gasteiger partial charge on any atom is -0.332 e. The van der Waals surface area contributed by atoms with Gasteiger partial charge in [0.2, 0.25) is 11.8 Å². The van der Waals surface area contributed by atoms with Crippen LogP contribution in [0.25, 0.3) is 0 Å². The summed E-state index contributed by atoms with van der Waals surface area (Å²) in [6.45, 7) is 2.59. The maximum absolute atomic E-state index is 12.0. The maximum atomic E-state index is 12.0. The molecule has 5 nitrogen and oxygen atoms in total. The molecule has 7 heteroatoms. The van der Waals surface area contributed by atoms with Gasteiger partial charge < -0.3 is 15.1 Å². The van der Waals surface area contributed by atoms with E-state index in [1.807, 2.05) is 19.0 Å². The standard InChI is InChI=1S/C14H19Cl2N3O2/c1-10(20)19(7-6-18(2)3)9-14(21)17-13-8-11(15)4-5-12(13)16/h4-5,8H,6-7,9H2,1-3H3,(H,17,21). The van der Waals surface area contributed by atoms with Gasteiger partial charge in [0.25, 0.3) is 0 Å². The van der Waals surface area contributed by atoms with Crippen molar-refractivity contribution >= 4 is 40.7 Å². The van der Waals surface area contributed by atoms with E-state index >= 15 is 0 Å². The molecule has 0 bridgehead atoms. The first kappa shape index (κ1) is 17.8. The highest BCUT2D eigenvalue weighted by atomic mass is 35.5. The Hall–Kier alpha value is -1.30. The Morgan fingerprint density at radius 2 is 1.86 bits per heavy atom. The van der Waals surface area contributed by atoms with Crippen molar-refractivity contribution in [2.45, 2.75) is 6.92 Å². The molecule has 0 spiro atoms. The Morgan fingerprint density at radius 1 is 1.19 bits per heavy atom. The predicted molar refractivity (Wildman–Crippen MR) is 85.9 cm³/mol. The van der Waals surface area contributed by atoms with E-state index in [0.29, 0.717) is 28.8 Å². The van der Waals surface area contributed by atoms with Crippen LogP contribution in [0.3, 0.4) is 0 Å². The van der Waals surface area contributed by atoms with Crippen molar-refractivity contribution in [1.82, 2.24) is 9.80 Å². The molecule has 0 saturated carbocycles. The summed E-state index contributed by atoms with van der Waals surface area (Å²) in [6.07, 6.45) is 0. The lowest BCUT2D eigenvalue weighted by atomic mass is 10.3. The highest BCUT2D eigenvalue weighted by Gasteiger charge is 2.14. The number of halogens is 2. The first-order chi connectivity index (χ1) is 9.79. The van der Waals surface area contributed by atoms with Gasteiger partial charge in [0, 0.05) is 25.0 Å². The van der Waals surface area contributed by atoms with Gasteiger partial charge in [0.1, 0.15) is 0 Å². The van der Waals surface area contributed by atoms with E-state index in [9.17, 15) is 9.59 Å². The molecule has 116 valence electrons. The van der Waals surface area contributed by atoms with Gasteiger partial charge >= 0.3 is 0 Å². The molecule has 0 aliphatic heterocycles. The van der Waals surface area contributed by atoms with Crippen LogP contribution in [0.1, 0.15) is 6.92 Å². The Morgan fingerprint density at radius 3 is 2.43 bits per heavy atom. The van der Waals surface area contributed by atoms with Gasteiger partial charge in [-0.05, 0) is 32.3 Å².